The topological polar surface area (TPSA) is 159 Å². The normalized spacial score (nSPS) is 14.1. The molecule has 16 nitrogen and oxygen atoms in total. The summed E-state index contributed by atoms with van der Waals surface area (Å²) in [7, 11) is 0. The number of likely N-dealkylation sites (tertiary alicyclic amines) is 3. The lowest BCUT2D eigenvalue weighted by Crippen LogP contribution is -2.40. The first-order chi connectivity index (χ1) is 46.9. The minimum Gasteiger partial charge on any atom is -0.494 e. The van der Waals surface area contributed by atoms with Crippen molar-refractivity contribution in [1.82, 2.24) is 43.4 Å². The summed E-state index contributed by atoms with van der Waals surface area (Å²) in [5, 5.41) is 1.87. The second kappa shape index (κ2) is 42.9. The first-order valence-corrected chi connectivity index (χ1v) is 35.9. The maximum absolute atomic E-state index is 12.9. The molecule has 96 heavy (non-hydrogen) atoms. The van der Waals surface area contributed by atoms with E-state index in [0.717, 1.165) is 116 Å². The molecule has 520 valence electrons. The van der Waals surface area contributed by atoms with Crippen LogP contribution < -0.4 is 30.9 Å². The van der Waals surface area contributed by atoms with E-state index in [9.17, 15) is 19.2 Å². The molecule has 0 atom stereocenters. The number of piperidine rings is 2. The molecule has 3 saturated heterocycles. The van der Waals surface area contributed by atoms with E-state index in [1.807, 2.05) is 262 Å². The van der Waals surface area contributed by atoms with Crippen LogP contribution in [0.4, 0.5) is 0 Å². The smallest absolute Gasteiger partial charge is 0.265 e. The van der Waals surface area contributed by atoms with Gasteiger partial charge in [0.15, 0.2) is 0 Å². The average Bonchev–Trinajstić information content (AvgIpc) is 1.21. The van der Waals surface area contributed by atoms with E-state index in [0.29, 0.717) is 45.8 Å². The Morgan fingerprint density at radius 1 is 0.417 bits per heavy atom. The molecule has 9 aromatic rings. The Kier molecular flexibility index (Phi) is 35.7. The van der Waals surface area contributed by atoms with Crippen LogP contribution in [-0.4, -0.2) is 120 Å². The summed E-state index contributed by atoms with van der Waals surface area (Å²) in [6.07, 6.45) is 9.32. The summed E-state index contributed by atoms with van der Waals surface area (Å²) in [4.78, 5) is 70.7. The lowest BCUT2D eigenvalue weighted by Gasteiger charge is -2.32. The first kappa shape index (κ1) is 80.0. The van der Waals surface area contributed by atoms with Crippen molar-refractivity contribution in [2.24, 2.45) is 0 Å². The van der Waals surface area contributed by atoms with Crippen LogP contribution in [0.2, 0.25) is 0 Å². The molecule has 3 aliphatic heterocycles. The maximum atomic E-state index is 12.9. The Balaban J connectivity index is 0.000000280. The van der Waals surface area contributed by atoms with Gasteiger partial charge in [0.2, 0.25) is 5.91 Å². The number of fused-ring (bicyclic) bond motifs is 3. The molecule has 0 bridgehead atoms. The average molecular weight is 1310 g/mol. The fraction of sp³-hybridized carbons (Fsp3) is 0.463. The fourth-order valence-corrected chi connectivity index (χ4v) is 11.2. The van der Waals surface area contributed by atoms with Crippen LogP contribution in [0.15, 0.2) is 160 Å². The lowest BCUT2D eigenvalue weighted by atomic mass is 10.1. The van der Waals surface area contributed by atoms with Gasteiger partial charge in [-0.15, -0.1) is 0 Å². The number of hydrogen-bond donors (Lipinski definition) is 0. The van der Waals surface area contributed by atoms with Gasteiger partial charge in [0.1, 0.15) is 46.9 Å². The molecule has 4 aliphatic rings. The molecule has 0 spiro atoms. The van der Waals surface area contributed by atoms with Crippen molar-refractivity contribution in [2.75, 3.05) is 52.4 Å². The highest BCUT2D eigenvalue weighted by Crippen LogP contribution is 2.31. The van der Waals surface area contributed by atoms with Crippen molar-refractivity contribution >= 4 is 38.6 Å². The first-order valence-electron chi connectivity index (χ1n) is 35.9. The lowest BCUT2D eigenvalue weighted by molar-refractivity contribution is -0.130. The molecule has 0 unspecified atom stereocenters. The number of ether oxygens (including phenoxy) is 3. The van der Waals surface area contributed by atoms with Crippen LogP contribution in [0.3, 0.4) is 0 Å². The summed E-state index contributed by atoms with van der Waals surface area (Å²) >= 11 is 0. The van der Waals surface area contributed by atoms with Gasteiger partial charge in [-0.1, -0.05) is 133 Å². The van der Waals surface area contributed by atoms with E-state index >= 15 is 0 Å². The molecular formula is C80H113N9O7. The third kappa shape index (κ3) is 22.0. The van der Waals surface area contributed by atoms with Crippen molar-refractivity contribution in [3.8, 4) is 34.3 Å². The van der Waals surface area contributed by atoms with E-state index < -0.39 is 0 Å². The molecule has 1 saturated carbocycles. The molecule has 13 rings (SSSR count). The number of para-hydroxylation sites is 3. The number of aromatic nitrogens is 6. The van der Waals surface area contributed by atoms with Crippen LogP contribution in [0.25, 0.3) is 49.8 Å². The third-order valence-corrected chi connectivity index (χ3v) is 16.0. The zero-order chi connectivity index (χ0) is 70.7. The van der Waals surface area contributed by atoms with Gasteiger partial charge >= 0.3 is 0 Å². The van der Waals surface area contributed by atoms with Gasteiger partial charge in [0, 0.05) is 58.5 Å². The monoisotopic (exact) mass is 1310 g/mol. The van der Waals surface area contributed by atoms with Crippen molar-refractivity contribution in [1.29, 1.82) is 0 Å². The minimum absolute atomic E-state index is 0.0378. The van der Waals surface area contributed by atoms with E-state index in [4.69, 9.17) is 14.2 Å². The predicted molar refractivity (Wildman–Crippen MR) is 401 cm³/mol. The number of rotatable bonds is 13. The molecule has 1 amide bonds. The van der Waals surface area contributed by atoms with Crippen molar-refractivity contribution in [2.45, 2.75) is 194 Å². The molecule has 0 N–H and O–H groups in total. The van der Waals surface area contributed by atoms with Crippen LogP contribution >= 0.6 is 0 Å². The predicted octanol–water partition coefficient (Wildman–Crippen LogP) is 17.1. The second-order valence-electron chi connectivity index (χ2n) is 21.7. The molecule has 0 radical (unpaired) electrons. The fourth-order valence-electron chi connectivity index (χ4n) is 11.2. The second-order valence-corrected chi connectivity index (χ2v) is 21.7. The van der Waals surface area contributed by atoms with Gasteiger partial charge in [0.25, 0.3) is 16.7 Å². The third-order valence-electron chi connectivity index (χ3n) is 16.0. The number of aryl methyl sites for hydroxylation is 3. The van der Waals surface area contributed by atoms with Gasteiger partial charge < -0.3 is 28.9 Å². The van der Waals surface area contributed by atoms with Crippen LogP contribution in [0.5, 0.6) is 17.2 Å². The quantitative estimate of drug-likeness (QED) is 0.101. The number of carbonyl (C=O) groups is 1. The summed E-state index contributed by atoms with van der Waals surface area (Å²) in [5.41, 5.74) is 4.40. The van der Waals surface area contributed by atoms with E-state index in [-0.39, 0.29) is 34.8 Å². The van der Waals surface area contributed by atoms with Crippen molar-refractivity contribution in [3.05, 3.63) is 194 Å². The minimum atomic E-state index is -0.0756. The van der Waals surface area contributed by atoms with Crippen LogP contribution in [-0.2, 0) is 4.79 Å². The Labute approximate surface area is 573 Å². The Bertz CT molecular complexity index is 3880. The van der Waals surface area contributed by atoms with Crippen LogP contribution in [0.1, 0.15) is 173 Å². The standard InChI is InChI=1S/C23H25N3O2.C22H23N3O3.C21H23N3O2.7C2H6/c1-16-24-22-5-3-2-4-21(22)23(27)26(16)18-8-10-19(11-9-18)28-20-12-14-25(15-13-20)17-6-7-17;1-15-23-21-6-4-3-5-20(21)22(27)25(15)17-7-9-18(10-8-17)28-19-11-13-24(14-12-19)16(2)26;1-16-22-20-7-3-2-6-19(20)21(25)24(16)17-8-10-18(11-9-17)26-15-5-14-23-12-4-13-23;7*1-2/h2-5,8-11,17,20H,6-7,12-15H2,1H3;3-10,19H,11-14H2,1-2H3;2-3,6-11H,4-5,12-15H2,1H3;7*1-2H3. The Morgan fingerprint density at radius 3 is 1.05 bits per heavy atom. The molecule has 4 fully saturated rings. The highest BCUT2D eigenvalue weighted by Gasteiger charge is 2.32. The van der Waals surface area contributed by atoms with Gasteiger partial charge in [0.05, 0.1) is 56.4 Å². The largest absolute Gasteiger partial charge is 0.494 e. The number of nitrogens with zero attached hydrogens (tertiary/aromatic N) is 9. The van der Waals surface area contributed by atoms with Crippen LogP contribution in [0, 0.1) is 20.8 Å². The van der Waals surface area contributed by atoms with Gasteiger partial charge in [-0.2, -0.15) is 0 Å². The number of benzene rings is 6. The van der Waals surface area contributed by atoms with E-state index in [2.05, 4.69) is 24.8 Å². The molecular weight excluding hydrogens is 1200 g/mol. The van der Waals surface area contributed by atoms with E-state index in [1.165, 1.54) is 32.4 Å². The summed E-state index contributed by atoms with van der Waals surface area (Å²) in [5.74, 6) is 4.60. The van der Waals surface area contributed by atoms with Crippen molar-refractivity contribution < 1.29 is 19.0 Å². The molecule has 1 aliphatic carbocycles. The van der Waals surface area contributed by atoms with Gasteiger partial charge in [-0.25, -0.2) is 15.0 Å². The highest BCUT2D eigenvalue weighted by molar-refractivity contribution is 5.79. The van der Waals surface area contributed by atoms with E-state index in [1.54, 1.807) is 26.7 Å². The molecule has 3 aromatic heterocycles. The molecule has 16 heteroatoms. The summed E-state index contributed by atoms with van der Waals surface area (Å²) in [6, 6.07) is 46.1. The Hall–Kier alpha value is -8.47. The van der Waals surface area contributed by atoms with Gasteiger partial charge in [-0.3, -0.25) is 32.9 Å². The molecule has 6 aromatic carbocycles. The number of carbonyl (C=O) groups excluding carboxylic acids is 1. The maximum Gasteiger partial charge on any atom is 0.265 e. The zero-order valence-corrected chi connectivity index (χ0v) is 61.3. The summed E-state index contributed by atoms with van der Waals surface area (Å²) < 4.78 is 23.0. The SMILES string of the molecule is CC.CC.CC.CC.CC.CC.CC.CC(=O)N1CCC(Oc2ccc(-n3c(C)nc4ccccc4c3=O)cc2)CC1.Cc1nc2ccccc2c(=O)n1-c1ccc(OC2CCN(C3CC3)CC2)cc1.Cc1nc2ccccc2c(=O)n1-c1ccc(OCCCN2CCC2)cc1. The highest BCUT2D eigenvalue weighted by atomic mass is 16.5. The molecule has 6 heterocycles. The number of hydrogen-bond acceptors (Lipinski definition) is 12. The van der Waals surface area contributed by atoms with Crippen molar-refractivity contribution in [3.63, 3.8) is 0 Å². The number of amides is 1. The zero-order valence-electron chi connectivity index (χ0n) is 61.3. The Morgan fingerprint density at radius 2 is 0.740 bits per heavy atom. The van der Waals surface area contributed by atoms with Gasteiger partial charge in [-0.05, 0) is 182 Å². The summed E-state index contributed by atoms with van der Waals surface area (Å²) in [6.45, 7) is 43.2.